The van der Waals surface area contributed by atoms with Crippen molar-refractivity contribution in [1.29, 1.82) is 0 Å². The molecule has 2 heterocycles. The van der Waals surface area contributed by atoms with Gasteiger partial charge in [-0.05, 0) is 45.6 Å². The second kappa shape index (κ2) is 6.36. The van der Waals surface area contributed by atoms with Crippen LogP contribution in [0.25, 0.3) is 0 Å². The number of nitrogens with one attached hydrogen (secondary N) is 1. The summed E-state index contributed by atoms with van der Waals surface area (Å²) in [5.74, 6) is 0.298. The number of piperidine rings is 1. The Morgan fingerprint density at radius 2 is 2.24 bits per heavy atom. The van der Waals surface area contributed by atoms with Crippen molar-refractivity contribution in [2.45, 2.75) is 51.1 Å². The van der Waals surface area contributed by atoms with Gasteiger partial charge in [-0.3, -0.25) is 4.79 Å². The van der Waals surface area contributed by atoms with Crippen molar-refractivity contribution in [3.63, 3.8) is 0 Å². The predicted molar refractivity (Wildman–Crippen MR) is 66.9 cm³/mol. The van der Waals surface area contributed by atoms with Gasteiger partial charge in [-0.15, -0.1) is 0 Å². The monoisotopic (exact) mass is 240 g/mol. The molecular formula is C13H24N2O2. The number of likely N-dealkylation sites (tertiary alicyclic amines) is 1. The van der Waals surface area contributed by atoms with Crippen molar-refractivity contribution in [3.05, 3.63) is 0 Å². The molecule has 0 saturated carbocycles. The Bertz CT molecular complexity index is 252. The lowest BCUT2D eigenvalue weighted by molar-refractivity contribution is -0.138. The topological polar surface area (TPSA) is 41.6 Å². The Balaban J connectivity index is 1.92. The minimum absolute atomic E-state index is 0.0669. The summed E-state index contributed by atoms with van der Waals surface area (Å²) in [6.07, 6.45) is 5.58. The Morgan fingerprint density at radius 1 is 1.35 bits per heavy atom. The average molecular weight is 240 g/mol. The van der Waals surface area contributed by atoms with E-state index in [1.807, 2.05) is 6.92 Å². The molecule has 2 fully saturated rings. The van der Waals surface area contributed by atoms with Crippen molar-refractivity contribution in [3.8, 4) is 0 Å². The second-order valence-electron chi connectivity index (χ2n) is 4.99. The molecule has 4 nitrogen and oxygen atoms in total. The molecule has 0 bridgehead atoms. The first-order chi connectivity index (χ1) is 8.33. The molecule has 0 aliphatic carbocycles. The maximum atomic E-state index is 12.4. The maximum Gasteiger partial charge on any atom is 0.240 e. The first kappa shape index (κ1) is 12.8. The van der Waals surface area contributed by atoms with E-state index >= 15 is 0 Å². The van der Waals surface area contributed by atoms with E-state index in [1.54, 1.807) is 0 Å². The normalized spacial score (nSPS) is 29.6. The van der Waals surface area contributed by atoms with Gasteiger partial charge < -0.3 is 15.0 Å². The molecule has 2 atom stereocenters. The second-order valence-corrected chi connectivity index (χ2v) is 4.99. The van der Waals surface area contributed by atoms with E-state index in [-0.39, 0.29) is 6.04 Å². The van der Waals surface area contributed by atoms with Gasteiger partial charge in [-0.25, -0.2) is 0 Å². The summed E-state index contributed by atoms with van der Waals surface area (Å²) in [7, 11) is 0. The summed E-state index contributed by atoms with van der Waals surface area (Å²) in [6.45, 7) is 5.35. The number of hydrogen-bond acceptors (Lipinski definition) is 3. The Labute approximate surface area is 104 Å². The Morgan fingerprint density at radius 3 is 2.94 bits per heavy atom. The Kier molecular flexibility index (Phi) is 4.80. The number of nitrogens with zero attached hydrogens (tertiary/aromatic N) is 1. The van der Waals surface area contributed by atoms with Gasteiger partial charge in [-0.1, -0.05) is 0 Å². The van der Waals surface area contributed by atoms with Crippen LogP contribution in [0, 0.1) is 0 Å². The zero-order valence-corrected chi connectivity index (χ0v) is 10.8. The quantitative estimate of drug-likeness (QED) is 0.801. The van der Waals surface area contributed by atoms with Gasteiger partial charge in [0.05, 0.1) is 18.7 Å². The number of rotatable bonds is 4. The van der Waals surface area contributed by atoms with Crippen LogP contribution >= 0.6 is 0 Å². The number of hydrogen-bond donors (Lipinski definition) is 1. The van der Waals surface area contributed by atoms with E-state index in [9.17, 15) is 4.79 Å². The summed E-state index contributed by atoms with van der Waals surface area (Å²) in [4.78, 5) is 14.4. The summed E-state index contributed by atoms with van der Waals surface area (Å²) in [5.41, 5.74) is 0. The van der Waals surface area contributed by atoms with Gasteiger partial charge in [0, 0.05) is 13.2 Å². The van der Waals surface area contributed by atoms with E-state index < -0.39 is 0 Å². The number of ether oxygens (including phenoxy) is 1. The first-order valence-electron chi connectivity index (χ1n) is 6.94. The van der Waals surface area contributed by atoms with E-state index in [4.69, 9.17) is 4.74 Å². The molecule has 0 aromatic heterocycles. The van der Waals surface area contributed by atoms with Crippen LogP contribution in [-0.2, 0) is 9.53 Å². The van der Waals surface area contributed by atoms with Crippen molar-refractivity contribution >= 4 is 5.91 Å². The van der Waals surface area contributed by atoms with Gasteiger partial charge in [0.2, 0.25) is 5.91 Å². The zero-order valence-electron chi connectivity index (χ0n) is 10.8. The highest BCUT2D eigenvalue weighted by atomic mass is 16.5. The van der Waals surface area contributed by atoms with E-state index in [1.165, 1.54) is 6.42 Å². The van der Waals surface area contributed by atoms with Crippen LogP contribution in [0.5, 0.6) is 0 Å². The highest BCUT2D eigenvalue weighted by Gasteiger charge is 2.32. The van der Waals surface area contributed by atoms with Gasteiger partial charge >= 0.3 is 0 Å². The number of carbonyl (C=O) groups excluding carboxylic acids is 1. The molecule has 2 saturated heterocycles. The van der Waals surface area contributed by atoms with Gasteiger partial charge in [0.1, 0.15) is 0 Å². The van der Waals surface area contributed by atoms with Crippen LogP contribution in [0.3, 0.4) is 0 Å². The highest BCUT2D eigenvalue weighted by molar-refractivity contribution is 5.82. The molecule has 2 aliphatic heterocycles. The number of carbonyl (C=O) groups is 1. The third kappa shape index (κ3) is 3.19. The first-order valence-corrected chi connectivity index (χ1v) is 6.94. The molecule has 0 aromatic rings. The molecule has 0 aromatic carbocycles. The third-order valence-corrected chi connectivity index (χ3v) is 3.78. The highest BCUT2D eigenvalue weighted by Crippen LogP contribution is 2.20. The molecule has 1 N–H and O–H groups in total. The fourth-order valence-corrected chi connectivity index (χ4v) is 2.81. The summed E-state index contributed by atoms with van der Waals surface area (Å²) in [5, 5.41) is 3.30. The van der Waals surface area contributed by atoms with E-state index in [2.05, 4.69) is 10.2 Å². The molecule has 0 radical (unpaired) electrons. The third-order valence-electron chi connectivity index (χ3n) is 3.78. The van der Waals surface area contributed by atoms with Gasteiger partial charge in [-0.2, -0.15) is 0 Å². The van der Waals surface area contributed by atoms with Crippen molar-refractivity contribution in [2.24, 2.45) is 0 Å². The van der Waals surface area contributed by atoms with Crippen molar-refractivity contribution < 1.29 is 9.53 Å². The summed E-state index contributed by atoms with van der Waals surface area (Å²) in [6, 6.07) is 0.371. The molecule has 98 valence electrons. The smallest absolute Gasteiger partial charge is 0.240 e. The fraction of sp³-hybridized carbons (Fsp3) is 0.923. The van der Waals surface area contributed by atoms with Crippen LogP contribution in [0.1, 0.15) is 39.0 Å². The minimum atomic E-state index is 0.0669. The maximum absolute atomic E-state index is 12.4. The molecule has 0 unspecified atom stereocenters. The van der Waals surface area contributed by atoms with Crippen LogP contribution in [-0.4, -0.2) is 49.2 Å². The average Bonchev–Trinajstić information content (AvgIpc) is 2.89. The number of amides is 1. The van der Waals surface area contributed by atoms with Crippen LogP contribution in [0.2, 0.25) is 0 Å². The molecule has 17 heavy (non-hydrogen) atoms. The van der Waals surface area contributed by atoms with Crippen LogP contribution in [0.15, 0.2) is 0 Å². The summed E-state index contributed by atoms with van der Waals surface area (Å²) < 4.78 is 5.50. The molecular weight excluding hydrogens is 216 g/mol. The largest absolute Gasteiger partial charge is 0.380 e. The lowest BCUT2D eigenvalue weighted by Crippen LogP contribution is -2.52. The molecule has 4 heteroatoms. The van der Waals surface area contributed by atoms with Gasteiger partial charge in [0.25, 0.3) is 0 Å². The van der Waals surface area contributed by atoms with E-state index in [0.717, 1.165) is 45.4 Å². The lowest BCUT2D eigenvalue weighted by atomic mass is 10.0. The molecule has 2 rings (SSSR count). The van der Waals surface area contributed by atoms with Crippen molar-refractivity contribution in [1.82, 2.24) is 10.2 Å². The van der Waals surface area contributed by atoms with Gasteiger partial charge in [0.15, 0.2) is 0 Å². The van der Waals surface area contributed by atoms with Crippen molar-refractivity contribution in [2.75, 3.05) is 26.3 Å². The zero-order chi connectivity index (χ0) is 12.1. The van der Waals surface area contributed by atoms with E-state index in [0.29, 0.717) is 18.6 Å². The SMILES string of the molecule is CCOC[C@@H]1CCCCN1C(=O)[C@@H]1CCCN1. The fourth-order valence-electron chi connectivity index (χ4n) is 2.81. The molecule has 1 amide bonds. The van der Waals surface area contributed by atoms with Crippen LogP contribution < -0.4 is 5.32 Å². The molecule has 2 aliphatic rings. The summed E-state index contributed by atoms with van der Waals surface area (Å²) >= 11 is 0. The molecule has 0 spiro atoms. The predicted octanol–water partition coefficient (Wildman–Crippen LogP) is 1.16. The minimum Gasteiger partial charge on any atom is -0.380 e. The standard InChI is InChI=1S/C13H24N2O2/c1-2-17-10-11-6-3-4-9-15(11)13(16)12-7-5-8-14-12/h11-12,14H,2-10H2,1H3/t11-,12-/m0/s1. The van der Waals surface area contributed by atoms with Crippen LogP contribution in [0.4, 0.5) is 0 Å². The lowest BCUT2D eigenvalue weighted by Gasteiger charge is -2.37. The Hall–Kier alpha value is -0.610.